The number of allylic oxidation sites excluding steroid dienone is 1. The van der Waals surface area contributed by atoms with Gasteiger partial charge in [-0.15, -0.1) is 0 Å². The van der Waals surface area contributed by atoms with Crippen LogP contribution in [0.5, 0.6) is 0 Å². The van der Waals surface area contributed by atoms with Crippen LogP contribution in [0.2, 0.25) is 0 Å². The van der Waals surface area contributed by atoms with Crippen LogP contribution in [0.4, 0.5) is 0 Å². The van der Waals surface area contributed by atoms with Gasteiger partial charge in [-0.3, -0.25) is 4.79 Å². The molecule has 0 aliphatic carbocycles. The normalized spacial score (nSPS) is 9.67. The maximum absolute atomic E-state index is 10.0. The van der Waals surface area contributed by atoms with Gasteiger partial charge in [-0.05, 0) is 24.3 Å². The second kappa shape index (κ2) is 4.30. The van der Waals surface area contributed by atoms with E-state index in [0.29, 0.717) is 11.5 Å². The third-order valence-corrected chi connectivity index (χ3v) is 1.61. The van der Waals surface area contributed by atoms with Crippen LogP contribution in [-0.4, -0.2) is 6.29 Å². The zero-order valence-electron chi connectivity index (χ0n) is 6.11. The van der Waals surface area contributed by atoms with E-state index in [1.807, 2.05) is 6.29 Å². The summed E-state index contributed by atoms with van der Waals surface area (Å²) in [6.07, 6.45) is 3.80. The Hall–Kier alpha value is -0.590. The van der Waals surface area contributed by atoms with Crippen LogP contribution in [0.3, 0.4) is 0 Å². The molecule has 51 valence electrons. The molecule has 0 aromatic carbocycles. The predicted octanol–water partition coefficient (Wildman–Crippen LogP) is 2.09. The summed E-state index contributed by atoms with van der Waals surface area (Å²) >= 11 is 0. The first-order valence-corrected chi connectivity index (χ1v) is 3.33. The van der Waals surface area contributed by atoms with Crippen molar-refractivity contribution in [2.75, 3.05) is 0 Å². The Balaban J connectivity index is 3.78. The average molecular weight is 125 g/mol. The molecule has 0 saturated heterocycles. The van der Waals surface area contributed by atoms with E-state index in [1.165, 1.54) is 0 Å². The maximum atomic E-state index is 10.0. The molecule has 1 nitrogen and oxygen atoms in total. The van der Waals surface area contributed by atoms with Crippen molar-refractivity contribution in [2.45, 2.75) is 26.7 Å². The summed E-state index contributed by atoms with van der Waals surface area (Å²) in [5, 5.41) is 0. The molecule has 0 fully saturated rings. The second-order valence-electron chi connectivity index (χ2n) is 2.14. The highest BCUT2D eigenvalue weighted by atomic mass is 16.1. The summed E-state index contributed by atoms with van der Waals surface area (Å²) in [5.41, 5.74) is 0.611. The highest BCUT2D eigenvalue weighted by Crippen LogP contribution is 2.14. The molecule has 0 N–H and O–H groups in total. The van der Waals surface area contributed by atoms with Crippen LogP contribution in [-0.2, 0) is 4.79 Å². The zero-order chi connectivity index (χ0) is 7.28. The second-order valence-corrected chi connectivity index (χ2v) is 2.14. The Kier molecular flexibility index (Phi) is 4.02. The average Bonchev–Trinajstić information content (AvgIpc) is 1.90. The molecule has 0 amide bonds. The largest absolute Gasteiger partial charge is 0.285 e. The molecule has 0 unspecified atom stereocenters. The molecule has 0 bridgehead atoms. The molecule has 0 saturated carbocycles. The van der Waals surface area contributed by atoms with E-state index >= 15 is 0 Å². The highest BCUT2D eigenvalue weighted by Gasteiger charge is 2.06. The summed E-state index contributed by atoms with van der Waals surface area (Å²) in [5.74, 6) is 0.350. The Morgan fingerprint density at radius 3 is 2.11 bits per heavy atom. The fourth-order valence-corrected chi connectivity index (χ4v) is 0.865. The molecule has 0 aliphatic heterocycles. The van der Waals surface area contributed by atoms with Crippen LogP contribution in [0.15, 0.2) is 12.2 Å². The molecule has 0 aliphatic rings. The smallest absolute Gasteiger partial charge is 0.228 e. The Labute approximate surface area is 56.8 Å². The summed E-state index contributed by atoms with van der Waals surface area (Å²) < 4.78 is 0. The van der Waals surface area contributed by atoms with Crippen LogP contribution in [0.25, 0.3) is 0 Å². The highest BCUT2D eigenvalue weighted by molar-refractivity contribution is 5.73. The molecule has 0 spiro atoms. The van der Waals surface area contributed by atoms with Crippen LogP contribution >= 0.6 is 0 Å². The molecule has 0 aromatic rings. The van der Waals surface area contributed by atoms with Gasteiger partial charge in [0, 0.05) is 0 Å². The van der Waals surface area contributed by atoms with Gasteiger partial charge in [0.25, 0.3) is 0 Å². The fraction of sp³-hybridized carbons (Fsp3) is 0.625. The standard InChI is InChI=1S/C8H13O/c1-4-8(5-2)7(3)6-9/h8H,3-5H2,1-2H3. The van der Waals surface area contributed by atoms with Gasteiger partial charge in [-0.25, -0.2) is 0 Å². The number of hydrogen-bond donors (Lipinski definition) is 0. The summed E-state index contributed by atoms with van der Waals surface area (Å²) in [4.78, 5) is 10.0. The fourth-order valence-electron chi connectivity index (χ4n) is 0.865. The molecule has 0 rings (SSSR count). The zero-order valence-corrected chi connectivity index (χ0v) is 6.11. The topological polar surface area (TPSA) is 17.1 Å². The minimum absolute atomic E-state index is 0.350. The summed E-state index contributed by atoms with van der Waals surface area (Å²) in [7, 11) is 0. The summed E-state index contributed by atoms with van der Waals surface area (Å²) in [6.45, 7) is 7.70. The Bertz CT molecular complexity index is 101. The molecular weight excluding hydrogens is 112 g/mol. The SMILES string of the molecule is C=C([C]=O)C(CC)CC. The Morgan fingerprint density at radius 2 is 2.00 bits per heavy atom. The molecule has 0 atom stereocenters. The lowest BCUT2D eigenvalue weighted by Gasteiger charge is -2.07. The van der Waals surface area contributed by atoms with E-state index in [1.54, 1.807) is 0 Å². The number of rotatable bonds is 4. The minimum atomic E-state index is 0.350. The van der Waals surface area contributed by atoms with Gasteiger partial charge in [-0.1, -0.05) is 20.4 Å². The molecule has 9 heavy (non-hydrogen) atoms. The first-order valence-electron chi connectivity index (χ1n) is 3.33. The van der Waals surface area contributed by atoms with Crippen LogP contribution < -0.4 is 0 Å². The van der Waals surface area contributed by atoms with Gasteiger partial charge in [0.15, 0.2) is 0 Å². The quantitative estimate of drug-likeness (QED) is 0.526. The first-order chi connectivity index (χ1) is 4.26. The molecule has 0 aromatic heterocycles. The molecule has 1 radical (unpaired) electrons. The van der Waals surface area contributed by atoms with Crippen LogP contribution in [0, 0.1) is 5.92 Å². The van der Waals surface area contributed by atoms with Crippen molar-refractivity contribution in [1.82, 2.24) is 0 Å². The van der Waals surface area contributed by atoms with Gasteiger partial charge in [0.2, 0.25) is 6.29 Å². The van der Waals surface area contributed by atoms with E-state index in [2.05, 4.69) is 20.4 Å². The predicted molar refractivity (Wildman–Crippen MR) is 38.9 cm³/mol. The van der Waals surface area contributed by atoms with E-state index in [-0.39, 0.29) is 0 Å². The van der Waals surface area contributed by atoms with Crippen molar-refractivity contribution in [2.24, 2.45) is 5.92 Å². The van der Waals surface area contributed by atoms with Crippen LogP contribution in [0.1, 0.15) is 26.7 Å². The van der Waals surface area contributed by atoms with Gasteiger partial charge in [-0.2, -0.15) is 0 Å². The third-order valence-electron chi connectivity index (χ3n) is 1.61. The van der Waals surface area contributed by atoms with Crippen molar-refractivity contribution < 1.29 is 4.79 Å². The van der Waals surface area contributed by atoms with Crippen molar-refractivity contribution in [3.05, 3.63) is 12.2 Å². The molecule has 1 heteroatoms. The minimum Gasteiger partial charge on any atom is -0.285 e. The van der Waals surface area contributed by atoms with Gasteiger partial charge < -0.3 is 0 Å². The van der Waals surface area contributed by atoms with Gasteiger partial charge in [0.1, 0.15) is 0 Å². The number of hydrogen-bond acceptors (Lipinski definition) is 1. The molecule has 0 heterocycles. The van der Waals surface area contributed by atoms with E-state index in [0.717, 1.165) is 12.8 Å². The van der Waals surface area contributed by atoms with Gasteiger partial charge in [0.05, 0.1) is 0 Å². The maximum Gasteiger partial charge on any atom is 0.228 e. The monoisotopic (exact) mass is 125 g/mol. The van der Waals surface area contributed by atoms with Crippen molar-refractivity contribution in [3.63, 3.8) is 0 Å². The first kappa shape index (κ1) is 8.41. The van der Waals surface area contributed by atoms with E-state index in [4.69, 9.17) is 0 Å². The summed E-state index contributed by atoms with van der Waals surface area (Å²) in [6, 6.07) is 0. The van der Waals surface area contributed by atoms with Crippen molar-refractivity contribution in [3.8, 4) is 0 Å². The number of carbonyl (C=O) groups excluding carboxylic acids is 1. The lowest BCUT2D eigenvalue weighted by atomic mass is 9.96. The van der Waals surface area contributed by atoms with Crippen molar-refractivity contribution in [1.29, 1.82) is 0 Å². The molecular formula is C8H13O. The van der Waals surface area contributed by atoms with Gasteiger partial charge >= 0.3 is 0 Å². The third kappa shape index (κ3) is 2.45. The Morgan fingerprint density at radius 1 is 1.56 bits per heavy atom. The lowest BCUT2D eigenvalue weighted by molar-refractivity contribution is 0.538. The van der Waals surface area contributed by atoms with Crippen molar-refractivity contribution >= 4 is 6.29 Å². The van der Waals surface area contributed by atoms with E-state index < -0.39 is 0 Å². The lowest BCUT2D eigenvalue weighted by Crippen LogP contribution is -2.00. The van der Waals surface area contributed by atoms with E-state index in [9.17, 15) is 4.79 Å².